The number of imide groups is 1. The molecule has 0 atom stereocenters. The predicted octanol–water partition coefficient (Wildman–Crippen LogP) is 5.14. The average molecular weight is 908 g/mol. The van der Waals surface area contributed by atoms with Crippen molar-refractivity contribution >= 4 is 17.8 Å². The number of unbranched alkanes of at least 4 members (excludes halogenated alkanes) is 12. The van der Waals surface area contributed by atoms with Gasteiger partial charge in [-0.05, 0) is 6.42 Å². The van der Waals surface area contributed by atoms with E-state index in [9.17, 15) is 14.4 Å². The Morgan fingerprint density at radius 1 is 0.349 bits per heavy atom. The first-order valence-corrected chi connectivity index (χ1v) is 23.8. The molecular weight excluding hydrogens is 822 g/mol. The molecule has 0 N–H and O–H groups in total. The molecule has 0 aromatic carbocycles. The molecule has 1 aliphatic rings. The molecule has 17 heteroatoms. The van der Waals surface area contributed by atoms with Crippen molar-refractivity contribution in [2.45, 2.75) is 96.8 Å². The summed E-state index contributed by atoms with van der Waals surface area (Å²) in [6.45, 7) is 13.7. The lowest BCUT2D eigenvalue weighted by molar-refractivity contribution is -0.145. The van der Waals surface area contributed by atoms with E-state index in [0.29, 0.717) is 158 Å². The van der Waals surface area contributed by atoms with Crippen LogP contribution in [0.4, 0.5) is 0 Å². The maximum Gasteiger partial charge on any atom is 0.305 e. The van der Waals surface area contributed by atoms with Crippen molar-refractivity contribution in [1.82, 2.24) is 4.90 Å². The summed E-state index contributed by atoms with van der Waals surface area (Å²) in [6.07, 6.45) is 19.8. The van der Waals surface area contributed by atoms with E-state index in [2.05, 4.69) is 6.92 Å². The van der Waals surface area contributed by atoms with Crippen molar-refractivity contribution in [1.29, 1.82) is 0 Å². The third kappa shape index (κ3) is 43.5. The van der Waals surface area contributed by atoms with E-state index in [1.54, 1.807) is 0 Å². The van der Waals surface area contributed by atoms with E-state index in [1.165, 1.54) is 82.8 Å². The Bertz CT molecular complexity index is 1020. The van der Waals surface area contributed by atoms with E-state index >= 15 is 0 Å². The van der Waals surface area contributed by atoms with Gasteiger partial charge in [-0.15, -0.1) is 0 Å². The van der Waals surface area contributed by atoms with Gasteiger partial charge in [0.05, 0.1) is 165 Å². The second-order valence-electron chi connectivity index (χ2n) is 14.7. The zero-order valence-corrected chi connectivity index (χ0v) is 38.9. The highest BCUT2D eigenvalue weighted by molar-refractivity contribution is 6.12. The lowest BCUT2D eigenvalue weighted by atomic mass is 10.0. The molecule has 63 heavy (non-hydrogen) atoms. The summed E-state index contributed by atoms with van der Waals surface area (Å²) in [5, 5.41) is 0. The fraction of sp³-hybridized carbons (Fsp3) is 0.891. The molecule has 0 saturated carbocycles. The third-order valence-electron chi connectivity index (χ3n) is 9.43. The van der Waals surface area contributed by atoms with Crippen LogP contribution in [0.1, 0.15) is 96.8 Å². The molecule has 0 unspecified atom stereocenters. The summed E-state index contributed by atoms with van der Waals surface area (Å²) in [5.41, 5.74) is 0. The highest BCUT2D eigenvalue weighted by Crippen LogP contribution is 2.13. The van der Waals surface area contributed by atoms with Crippen LogP contribution in [-0.2, 0) is 76.0 Å². The van der Waals surface area contributed by atoms with Crippen LogP contribution in [0.5, 0.6) is 0 Å². The van der Waals surface area contributed by atoms with Crippen LogP contribution in [0.15, 0.2) is 12.2 Å². The summed E-state index contributed by atoms with van der Waals surface area (Å²) in [5.74, 6) is -0.756. The van der Waals surface area contributed by atoms with E-state index in [4.69, 9.17) is 61.6 Å². The topological polar surface area (TPSA) is 174 Å². The molecule has 0 radical (unpaired) electrons. The van der Waals surface area contributed by atoms with Gasteiger partial charge in [-0.3, -0.25) is 19.3 Å². The van der Waals surface area contributed by atoms with Crippen molar-refractivity contribution in [3.8, 4) is 0 Å². The molecular formula is C46H85NO16. The van der Waals surface area contributed by atoms with Crippen molar-refractivity contribution < 1.29 is 76.0 Å². The van der Waals surface area contributed by atoms with E-state index in [-0.39, 0.29) is 37.5 Å². The smallest absolute Gasteiger partial charge is 0.305 e. The quantitative estimate of drug-likeness (QED) is 0.0446. The van der Waals surface area contributed by atoms with Gasteiger partial charge in [-0.1, -0.05) is 84.0 Å². The molecule has 0 aromatic heterocycles. The van der Waals surface area contributed by atoms with Crippen molar-refractivity contribution in [2.24, 2.45) is 0 Å². The van der Waals surface area contributed by atoms with Gasteiger partial charge in [0.2, 0.25) is 0 Å². The number of ether oxygens (including phenoxy) is 13. The number of rotatable bonds is 53. The van der Waals surface area contributed by atoms with Gasteiger partial charge in [0.25, 0.3) is 11.8 Å². The highest BCUT2D eigenvalue weighted by Gasteiger charge is 2.22. The summed E-state index contributed by atoms with van der Waals surface area (Å²) in [4.78, 5) is 35.9. The van der Waals surface area contributed by atoms with E-state index in [0.717, 1.165) is 17.7 Å². The second-order valence-corrected chi connectivity index (χ2v) is 14.7. The van der Waals surface area contributed by atoms with Crippen LogP contribution in [0.25, 0.3) is 0 Å². The van der Waals surface area contributed by atoms with E-state index in [1.807, 2.05) is 0 Å². The Hall–Kier alpha value is -2.13. The van der Waals surface area contributed by atoms with Crippen molar-refractivity contribution in [3.63, 3.8) is 0 Å². The van der Waals surface area contributed by atoms with Crippen LogP contribution in [0, 0.1) is 0 Å². The molecule has 0 fully saturated rings. The average Bonchev–Trinajstić information content (AvgIpc) is 3.61. The fourth-order valence-corrected chi connectivity index (χ4v) is 5.90. The molecule has 0 spiro atoms. The lowest BCUT2D eigenvalue weighted by Gasteiger charge is -2.13. The summed E-state index contributed by atoms with van der Waals surface area (Å²) in [6, 6.07) is 0. The number of hydrogen-bond acceptors (Lipinski definition) is 16. The van der Waals surface area contributed by atoms with Crippen LogP contribution in [0.3, 0.4) is 0 Å². The second kappa shape index (κ2) is 49.3. The Morgan fingerprint density at radius 3 is 0.873 bits per heavy atom. The number of nitrogens with zero attached hydrogens (tertiary/aromatic N) is 1. The molecule has 1 rings (SSSR count). The lowest BCUT2D eigenvalue weighted by Crippen LogP contribution is -2.33. The van der Waals surface area contributed by atoms with Crippen molar-refractivity contribution in [3.05, 3.63) is 12.2 Å². The minimum absolute atomic E-state index is 0.138. The van der Waals surface area contributed by atoms with Crippen molar-refractivity contribution in [2.75, 3.05) is 172 Å². The molecule has 17 nitrogen and oxygen atoms in total. The maximum absolute atomic E-state index is 11.9. The molecule has 2 amide bonds. The summed E-state index contributed by atoms with van der Waals surface area (Å²) in [7, 11) is 0. The molecule has 370 valence electrons. The van der Waals surface area contributed by atoms with Crippen LogP contribution >= 0.6 is 0 Å². The molecule has 1 aliphatic heterocycles. The highest BCUT2D eigenvalue weighted by atomic mass is 16.6. The Balaban J connectivity index is 1.62. The van der Waals surface area contributed by atoms with Gasteiger partial charge >= 0.3 is 5.97 Å². The number of hydrogen-bond donors (Lipinski definition) is 0. The minimum atomic E-state index is -0.309. The minimum Gasteiger partial charge on any atom is -0.463 e. The maximum atomic E-state index is 11.9. The van der Waals surface area contributed by atoms with Gasteiger partial charge in [0, 0.05) is 18.6 Å². The molecule has 0 aliphatic carbocycles. The van der Waals surface area contributed by atoms with Crippen LogP contribution in [0.2, 0.25) is 0 Å². The Kier molecular flexibility index (Phi) is 46.1. The molecule has 1 heterocycles. The molecule has 0 saturated heterocycles. The van der Waals surface area contributed by atoms with Gasteiger partial charge in [0.1, 0.15) is 6.61 Å². The van der Waals surface area contributed by atoms with Crippen LogP contribution < -0.4 is 0 Å². The molecule has 0 aromatic rings. The fourth-order valence-electron chi connectivity index (χ4n) is 5.90. The zero-order chi connectivity index (χ0) is 45.2. The first-order chi connectivity index (χ1) is 31.1. The summed E-state index contributed by atoms with van der Waals surface area (Å²) >= 11 is 0. The first-order valence-electron chi connectivity index (χ1n) is 23.8. The molecule has 0 bridgehead atoms. The zero-order valence-electron chi connectivity index (χ0n) is 38.9. The SMILES string of the molecule is CCCCCCCCCCCCCCCC(=O)OCCOCCOCCOCCOCCOCCOCCOCCOCCOCCOCCOCCOCCN1C(=O)C=CC1=O. The monoisotopic (exact) mass is 908 g/mol. The predicted molar refractivity (Wildman–Crippen MR) is 237 cm³/mol. The standard InChI is InChI=1S/C46H85NO16/c1-2-3-4-5-6-7-8-9-10-11-12-13-14-15-46(50)63-43-42-62-41-40-61-39-38-60-37-36-59-35-34-58-33-32-57-31-30-56-29-28-55-27-26-54-25-24-53-23-22-52-21-20-51-19-18-47-44(48)16-17-45(47)49/h16-17H,2-15,18-43H2,1H3. The largest absolute Gasteiger partial charge is 0.463 e. The van der Waals surface area contributed by atoms with E-state index < -0.39 is 0 Å². The number of amides is 2. The Labute approximate surface area is 378 Å². The first kappa shape index (κ1) is 58.9. The normalized spacial score (nSPS) is 12.7. The number of carbonyl (C=O) groups excluding carboxylic acids is 3. The van der Waals surface area contributed by atoms with Gasteiger partial charge in [-0.2, -0.15) is 0 Å². The number of esters is 1. The number of carbonyl (C=O) groups is 3. The van der Waals surface area contributed by atoms with Gasteiger partial charge in [-0.25, -0.2) is 0 Å². The van der Waals surface area contributed by atoms with Crippen LogP contribution in [-0.4, -0.2) is 194 Å². The summed E-state index contributed by atoms with van der Waals surface area (Å²) < 4.78 is 71.0. The Morgan fingerprint density at radius 2 is 0.587 bits per heavy atom. The third-order valence-corrected chi connectivity index (χ3v) is 9.43. The van der Waals surface area contributed by atoms with Gasteiger partial charge in [0.15, 0.2) is 0 Å². The van der Waals surface area contributed by atoms with Gasteiger partial charge < -0.3 is 61.6 Å².